The maximum Gasteiger partial charge on any atom is 0.248 e. The van der Waals surface area contributed by atoms with Gasteiger partial charge < -0.3 is 14.8 Å². The lowest BCUT2D eigenvalue weighted by atomic mass is 10.3. The number of nitrogens with one attached hydrogen (secondary N) is 1. The maximum absolute atomic E-state index is 11.6. The third-order valence-corrected chi connectivity index (χ3v) is 2.73. The van der Waals surface area contributed by atoms with Crippen molar-refractivity contribution < 1.29 is 14.3 Å². The highest BCUT2D eigenvalue weighted by Gasteiger charge is 2.17. The van der Waals surface area contributed by atoms with E-state index in [0.717, 1.165) is 13.0 Å². The maximum atomic E-state index is 11.6. The van der Waals surface area contributed by atoms with Crippen molar-refractivity contribution in [1.82, 2.24) is 4.98 Å². The third-order valence-electron chi connectivity index (χ3n) is 2.73. The quantitative estimate of drug-likeness (QED) is 0.661. The monoisotopic (exact) mass is 274 g/mol. The van der Waals surface area contributed by atoms with Gasteiger partial charge in [0.1, 0.15) is 6.10 Å². The highest BCUT2D eigenvalue weighted by molar-refractivity contribution is 5.99. The van der Waals surface area contributed by atoms with Gasteiger partial charge in [0.05, 0.1) is 13.2 Å². The van der Waals surface area contributed by atoms with E-state index in [-0.39, 0.29) is 12.0 Å². The van der Waals surface area contributed by atoms with Crippen molar-refractivity contribution in [3.8, 4) is 5.88 Å². The first-order valence-electron chi connectivity index (χ1n) is 6.58. The number of rotatable bonds is 5. The smallest absolute Gasteiger partial charge is 0.248 e. The molecule has 20 heavy (non-hydrogen) atoms. The number of aromatic nitrogens is 1. The van der Waals surface area contributed by atoms with Gasteiger partial charge in [-0.15, -0.1) is 0 Å². The first-order valence-corrected chi connectivity index (χ1v) is 6.58. The molecule has 0 saturated carbocycles. The molecule has 1 aliphatic heterocycles. The molecule has 106 valence electrons. The molecule has 1 aromatic heterocycles. The van der Waals surface area contributed by atoms with Crippen molar-refractivity contribution >= 4 is 11.6 Å². The Kier molecular flexibility index (Phi) is 5.32. The van der Waals surface area contributed by atoms with E-state index in [2.05, 4.69) is 10.3 Å². The van der Waals surface area contributed by atoms with Crippen LogP contribution in [0.25, 0.3) is 0 Å². The van der Waals surface area contributed by atoms with Crippen molar-refractivity contribution in [3.05, 3.63) is 42.6 Å². The Labute approximate surface area is 118 Å². The topological polar surface area (TPSA) is 60.5 Å². The van der Waals surface area contributed by atoms with Crippen molar-refractivity contribution in [1.29, 1.82) is 0 Å². The van der Waals surface area contributed by atoms with Crippen LogP contribution >= 0.6 is 0 Å². The minimum atomic E-state index is -0.190. The number of allylic oxidation sites excluding steroid dienone is 3. The van der Waals surface area contributed by atoms with Gasteiger partial charge in [-0.25, -0.2) is 4.98 Å². The summed E-state index contributed by atoms with van der Waals surface area (Å²) in [5, 5.41) is 2.76. The summed E-state index contributed by atoms with van der Waals surface area (Å²) in [6.07, 6.45) is 9.31. The molecule has 2 heterocycles. The molecule has 0 radical (unpaired) electrons. The molecule has 0 unspecified atom stereocenters. The fraction of sp³-hybridized carbons (Fsp3) is 0.333. The number of hydrogen-bond donors (Lipinski definition) is 1. The van der Waals surface area contributed by atoms with Gasteiger partial charge >= 0.3 is 0 Å². The zero-order valence-corrected chi connectivity index (χ0v) is 11.4. The summed E-state index contributed by atoms with van der Waals surface area (Å²) in [5.74, 6) is 0.306. The summed E-state index contributed by atoms with van der Waals surface area (Å²) in [7, 11) is 0. The Morgan fingerprint density at radius 1 is 1.55 bits per heavy atom. The predicted molar refractivity (Wildman–Crippen MR) is 76.7 cm³/mol. The third kappa shape index (κ3) is 4.51. The Morgan fingerprint density at radius 2 is 2.45 bits per heavy atom. The summed E-state index contributed by atoms with van der Waals surface area (Å²) in [4.78, 5) is 15.8. The van der Waals surface area contributed by atoms with Crippen LogP contribution in [0.3, 0.4) is 0 Å². The largest absolute Gasteiger partial charge is 0.472 e. The number of carbonyl (C=O) groups excluding carboxylic acids is 1. The van der Waals surface area contributed by atoms with E-state index in [0.29, 0.717) is 18.2 Å². The van der Waals surface area contributed by atoms with Crippen LogP contribution in [0.2, 0.25) is 0 Å². The fourth-order valence-corrected chi connectivity index (χ4v) is 1.77. The molecule has 2 rings (SSSR count). The lowest BCUT2D eigenvalue weighted by molar-refractivity contribution is -0.111. The molecule has 1 fully saturated rings. The van der Waals surface area contributed by atoms with Crippen LogP contribution in [-0.4, -0.2) is 30.2 Å². The number of ether oxygens (including phenoxy) is 2. The molecule has 5 heteroatoms. The van der Waals surface area contributed by atoms with Gasteiger partial charge in [-0.3, -0.25) is 4.79 Å². The number of pyridine rings is 1. The Morgan fingerprint density at radius 3 is 3.20 bits per heavy atom. The molecule has 0 bridgehead atoms. The van der Waals surface area contributed by atoms with Crippen LogP contribution < -0.4 is 10.1 Å². The average molecular weight is 274 g/mol. The number of carbonyl (C=O) groups is 1. The molecule has 1 amide bonds. The van der Waals surface area contributed by atoms with E-state index in [1.807, 2.05) is 13.0 Å². The molecular formula is C15H18N2O3. The Hall–Kier alpha value is -2.14. The average Bonchev–Trinajstić information content (AvgIpc) is 2.92. The molecule has 1 aliphatic rings. The van der Waals surface area contributed by atoms with Gasteiger partial charge in [0.15, 0.2) is 0 Å². The minimum Gasteiger partial charge on any atom is -0.472 e. The van der Waals surface area contributed by atoms with E-state index >= 15 is 0 Å². The molecule has 1 atom stereocenters. The van der Waals surface area contributed by atoms with Crippen molar-refractivity contribution in [2.75, 3.05) is 18.5 Å². The zero-order chi connectivity index (χ0) is 14.2. The number of anilines is 1. The highest BCUT2D eigenvalue weighted by atomic mass is 16.5. The van der Waals surface area contributed by atoms with E-state index in [4.69, 9.17) is 9.47 Å². The van der Waals surface area contributed by atoms with Crippen LogP contribution in [-0.2, 0) is 9.53 Å². The van der Waals surface area contributed by atoms with Crippen molar-refractivity contribution in [2.45, 2.75) is 19.4 Å². The Balaban J connectivity index is 1.93. The SMILES string of the molecule is C/C=C/C=C/C(=O)Nc1ccnc(O[C@@H]2CCOC2)c1. The Bertz CT molecular complexity index is 506. The second kappa shape index (κ2) is 7.45. The molecule has 1 aromatic rings. The molecule has 0 aromatic carbocycles. The van der Waals surface area contributed by atoms with Gasteiger partial charge in [-0.1, -0.05) is 18.2 Å². The molecule has 5 nitrogen and oxygen atoms in total. The molecular weight excluding hydrogens is 256 g/mol. The summed E-state index contributed by atoms with van der Waals surface area (Å²) in [5.41, 5.74) is 0.657. The number of amides is 1. The van der Waals surface area contributed by atoms with Crippen LogP contribution in [0.1, 0.15) is 13.3 Å². The first-order chi connectivity index (χ1) is 9.78. The normalized spacial score (nSPS) is 18.8. The standard InChI is InChI=1S/C15H18N2O3/c1-2-3-4-5-14(18)17-12-6-8-16-15(10-12)20-13-7-9-19-11-13/h2-6,8,10,13H,7,9,11H2,1H3,(H,16,17,18)/b3-2+,5-4+/t13-/m1/s1. The van der Waals surface area contributed by atoms with Crippen LogP contribution in [0, 0.1) is 0 Å². The summed E-state index contributed by atoms with van der Waals surface area (Å²) >= 11 is 0. The highest BCUT2D eigenvalue weighted by Crippen LogP contribution is 2.18. The van der Waals surface area contributed by atoms with Gasteiger partial charge in [-0.2, -0.15) is 0 Å². The number of hydrogen-bond acceptors (Lipinski definition) is 4. The van der Waals surface area contributed by atoms with E-state index in [9.17, 15) is 4.79 Å². The summed E-state index contributed by atoms with van der Waals surface area (Å²) in [6, 6.07) is 3.43. The number of nitrogens with zero attached hydrogens (tertiary/aromatic N) is 1. The second-order valence-electron chi connectivity index (χ2n) is 4.36. The van der Waals surface area contributed by atoms with E-state index in [1.54, 1.807) is 30.5 Å². The van der Waals surface area contributed by atoms with Crippen LogP contribution in [0.4, 0.5) is 5.69 Å². The van der Waals surface area contributed by atoms with Crippen molar-refractivity contribution in [2.24, 2.45) is 0 Å². The van der Waals surface area contributed by atoms with Gasteiger partial charge in [0, 0.05) is 30.4 Å². The van der Waals surface area contributed by atoms with Crippen molar-refractivity contribution in [3.63, 3.8) is 0 Å². The first kappa shape index (κ1) is 14.3. The van der Waals surface area contributed by atoms with Gasteiger partial charge in [0.2, 0.25) is 11.8 Å². The zero-order valence-electron chi connectivity index (χ0n) is 11.4. The molecule has 0 aliphatic carbocycles. The van der Waals surface area contributed by atoms with Gasteiger partial charge in [-0.05, 0) is 13.0 Å². The van der Waals surface area contributed by atoms with E-state index < -0.39 is 0 Å². The lowest BCUT2D eigenvalue weighted by Gasteiger charge is -2.11. The lowest BCUT2D eigenvalue weighted by Crippen LogP contribution is -2.16. The van der Waals surface area contributed by atoms with E-state index in [1.165, 1.54) is 6.08 Å². The van der Waals surface area contributed by atoms with Crippen LogP contribution in [0.15, 0.2) is 42.6 Å². The summed E-state index contributed by atoms with van der Waals surface area (Å²) < 4.78 is 10.9. The van der Waals surface area contributed by atoms with Gasteiger partial charge in [0.25, 0.3) is 0 Å². The fourth-order valence-electron chi connectivity index (χ4n) is 1.77. The molecule has 0 spiro atoms. The predicted octanol–water partition coefficient (Wildman–Crippen LogP) is 2.32. The summed E-state index contributed by atoms with van der Waals surface area (Å²) in [6.45, 7) is 3.20. The second-order valence-corrected chi connectivity index (χ2v) is 4.36. The molecule has 1 saturated heterocycles. The molecule has 1 N–H and O–H groups in total. The van der Waals surface area contributed by atoms with Crippen LogP contribution in [0.5, 0.6) is 5.88 Å². The minimum absolute atomic E-state index is 0.0445.